The number of piperidine rings is 1. The van der Waals surface area contributed by atoms with E-state index < -0.39 is 5.60 Å². The third kappa shape index (κ3) is 3.56. The van der Waals surface area contributed by atoms with Crippen molar-refractivity contribution < 1.29 is 5.11 Å². The van der Waals surface area contributed by atoms with Crippen molar-refractivity contribution in [1.29, 1.82) is 0 Å². The molecule has 2 aliphatic rings. The summed E-state index contributed by atoms with van der Waals surface area (Å²) in [5, 5.41) is 18.4. The molecule has 5 nitrogen and oxygen atoms in total. The van der Waals surface area contributed by atoms with Crippen molar-refractivity contribution in [3.05, 3.63) is 41.6 Å². The monoisotopic (exact) mass is 354 g/mol. The summed E-state index contributed by atoms with van der Waals surface area (Å²) in [6.45, 7) is 9.09. The smallest absolute Gasteiger partial charge is 0.0798 e. The number of H-pyrrole nitrogens is 1. The topological polar surface area (TPSA) is 55.4 Å². The Morgan fingerprint density at radius 1 is 1.19 bits per heavy atom. The number of nitrogens with zero attached hydrogens (tertiary/aromatic N) is 3. The van der Waals surface area contributed by atoms with Gasteiger partial charge in [0.1, 0.15) is 0 Å². The predicted molar refractivity (Wildman–Crippen MR) is 104 cm³/mol. The van der Waals surface area contributed by atoms with Crippen LogP contribution in [-0.2, 0) is 6.54 Å². The quantitative estimate of drug-likeness (QED) is 0.886. The number of aromatic amines is 1. The molecule has 0 amide bonds. The molecule has 2 atom stereocenters. The summed E-state index contributed by atoms with van der Waals surface area (Å²) in [4.78, 5) is 4.96. The third-order valence-corrected chi connectivity index (χ3v) is 6.12. The van der Waals surface area contributed by atoms with E-state index in [1.165, 1.54) is 29.5 Å². The maximum absolute atomic E-state index is 10.9. The van der Waals surface area contributed by atoms with Crippen molar-refractivity contribution in [2.24, 2.45) is 0 Å². The van der Waals surface area contributed by atoms with Gasteiger partial charge in [-0.2, -0.15) is 5.10 Å². The fourth-order valence-corrected chi connectivity index (χ4v) is 4.43. The summed E-state index contributed by atoms with van der Waals surface area (Å²) in [5.41, 5.74) is 4.21. The number of aromatic nitrogens is 2. The molecule has 0 saturated carbocycles. The minimum Gasteiger partial charge on any atom is -0.388 e. The number of aryl methyl sites for hydroxylation is 1. The number of rotatable bonds is 4. The maximum atomic E-state index is 10.9. The van der Waals surface area contributed by atoms with Crippen molar-refractivity contribution >= 4 is 0 Å². The van der Waals surface area contributed by atoms with Gasteiger partial charge in [0.25, 0.3) is 0 Å². The molecule has 2 aromatic rings. The summed E-state index contributed by atoms with van der Waals surface area (Å²) in [6.07, 6.45) is 5.29. The van der Waals surface area contributed by atoms with Crippen LogP contribution in [0.15, 0.2) is 30.5 Å². The summed E-state index contributed by atoms with van der Waals surface area (Å²) in [7, 11) is 0. The summed E-state index contributed by atoms with van der Waals surface area (Å²) in [6, 6.07) is 8.82. The third-order valence-electron chi connectivity index (χ3n) is 6.12. The van der Waals surface area contributed by atoms with Crippen molar-refractivity contribution in [3.8, 4) is 11.3 Å². The van der Waals surface area contributed by atoms with Crippen molar-refractivity contribution in [3.63, 3.8) is 0 Å². The second kappa shape index (κ2) is 7.14. The first-order chi connectivity index (χ1) is 12.5. The Balaban J connectivity index is 1.49. The van der Waals surface area contributed by atoms with E-state index >= 15 is 0 Å². The number of aliphatic hydroxyl groups is 1. The van der Waals surface area contributed by atoms with Gasteiger partial charge in [0.2, 0.25) is 0 Å². The minimum atomic E-state index is -0.586. The first-order valence-corrected chi connectivity index (χ1v) is 9.81. The SMILES string of the molecule is Cc1ccc(-c2[nH]ncc2CN2CC[C@@](C)(O)[C@H](N3CCCC3)C2)cc1. The molecule has 0 bridgehead atoms. The molecule has 2 fully saturated rings. The maximum Gasteiger partial charge on any atom is 0.0798 e. The lowest BCUT2D eigenvalue weighted by atomic mass is 9.87. The summed E-state index contributed by atoms with van der Waals surface area (Å²) in [5.74, 6) is 0. The highest BCUT2D eigenvalue weighted by molar-refractivity contribution is 5.62. The summed E-state index contributed by atoms with van der Waals surface area (Å²) < 4.78 is 0. The van der Waals surface area contributed by atoms with Gasteiger partial charge in [-0.3, -0.25) is 14.9 Å². The van der Waals surface area contributed by atoms with Gasteiger partial charge < -0.3 is 5.11 Å². The minimum absolute atomic E-state index is 0.230. The Hall–Kier alpha value is -1.69. The van der Waals surface area contributed by atoms with Crippen molar-refractivity contribution in [2.75, 3.05) is 26.2 Å². The van der Waals surface area contributed by atoms with E-state index in [9.17, 15) is 5.11 Å². The second-order valence-corrected chi connectivity index (χ2v) is 8.24. The van der Waals surface area contributed by atoms with Crippen LogP contribution in [0.4, 0.5) is 0 Å². The molecule has 1 aromatic carbocycles. The number of nitrogens with one attached hydrogen (secondary N) is 1. The fraction of sp³-hybridized carbons (Fsp3) is 0.571. The van der Waals surface area contributed by atoms with Crippen LogP contribution in [0.2, 0.25) is 0 Å². The van der Waals surface area contributed by atoms with Gasteiger partial charge in [-0.15, -0.1) is 0 Å². The Morgan fingerprint density at radius 2 is 1.92 bits per heavy atom. The Labute approximate surface area is 156 Å². The highest BCUT2D eigenvalue weighted by Crippen LogP contribution is 2.30. The van der Waals surface area contributed by atoms with E-state index in [1.807, 2.05) is 13.1 Å². The van der Waals surface area contributed by atoms with Gasteiger partial charge in [0.05, 0.1) is 23.5 Å². The van der Waals surface area contributed by atoms with E-state index in [4.69, 9.17) is 0 Å². The standard InChI is InChI=1S/C21H30N4O/c1-16-5-7-17(8-6-16)20-18(13-22-23-20)14-24-12-9-21(2,26)19(15-24)25-10-3-4-11-25/h5-8,13,19,26H,3-4,9-12,14-15H2,1-2H3,(H,22,23)/t19-,21-/m1/s1. The molecule has 2 N–H and O–H groups in total. The van der Waals surface area contributed by atoms with Crippen LogP contribution >= 0.6 is 0 Å². The van der Waals surface area contributed by atoms with Crippen LogP contribution < -0.4 is 0 Å². The van der Waals surface area contributed by atoms with E-state index in [0.717, 1.165) is 44.8 Å². The van der Waals surface area contributed by atoms with Gasteiger partial charge in [-0.1, -0.05) is 29.8 Å². The van der Waals surface area contributed by atoms with Crippen LogP contribution in [0, 0.1) is 6.92 Å². The van der Waals surface area contributed by atoms with Crippen molar-refractivity contribution in [1.82, 2.24) is 20.0 Å². The zero-order valence-electron chi connectivity index (χ0n) is 15.9. The molecule has 2 aliphatic heterocycles. The largest absolute Gasteiger partial charge is 0.388 e. The molecule has 0 aliphatic carbocycles. The molecule has 3 heterocycles. The van der Waals surface area contributed by atoms with E-state index in [2.05, 4.69) is 51.2 Å². The zero-order chi connectivity index (χ0) is 18.1. The zero-order valence-corrected chi connectivity index (χ0v) is 15.9. The van der Waals surface area contributed by atoms with Gasteiger partial charge in [-0.25, -0.2) is 0 Å². The molecule has 5 heteroatoms. The number of benzene rings is 1. The molecule has 140 valence electrons. The lowest BCUT2D eigenvalue weighted by Gasteiger charge is -2.46. The highest BCUT2D eigenvalue weighted by atomic mass is 16.3. The van der Waals surface area contributed by atoms with Crippen LogP contribution in [0.5, 0.6) is 0 Å². The fourth-order valence-electron chi connectivity index (χ4n) is 4.43. The molecule has 0 spiro atoms. The Bertz CT molecular complexity index is 731. The van der Waals surface area contributed by atoms with E-state index in [-0.39, 0.29) is 6.04 Å². The first-order valence-electron chi connectivity index (χ1n) is 9.81. The van der Waals surface area contributed by atoms with Gasteiger partial charge >= 0.3 is 0 Å². The molecule has 1 aromatic heterocycles. The van der Waals surface area contributed by atoms with Crippen LogP contribution in [0.25, 0.3) is 11.3 Å². The first kappa shape index (κ1) is 17.7. The molecular weight excluding hydrogens is 324 g/mol. The number of likely N-dealkylation sites (tertiary alicyclic amines) is 2. The lowest BCUT2D eigenvalue weighted by Crippen LogP contribution is -2.60. The second-order valence-electron chi connectivity index (χ2n) is 8.24. The highest BCUT2D eigenvalue weighted by Gasteiger charge is 2.41. The average Bonchev–Trinajstić information content (AvgIpc) is 3.29. The van der Waals surface area contributed by atoms with Crippen LogP contribution in [0.1, 0.15) is 37.3 Å². The molecule has 0 radical (unpaired) electrons. The van der Waals surface area contributed by atoms with E-state index in [1.54, 1.807) is 0 Å². The predicted octanol–water partition coefficient (Wildman–Crippen LogP) is 2.81. The number of hydrogen-bond acceptors (Lipinski definition) is 4. The van der Waals surface area contributed by atoms with E-state index in [0.29, 0.717) is 0 Å². The normalized spacial score (nSPS) is 27.9. The lowest BCUT2D eigenvalue weighted by molar-refractivity contribution is -0.0776. The van der Waals surface area contributed by atoms with Gasteiger partial charge in [-0.05, 0) is 51.8 Å². The Kier molecular flexibility index (Phi) is 4.86. The average molecular weight is 354 g/mol. The molecule has 4 rings (SSSR count). The van der Waals surface area contributed by atoms with Gasteiger partial charge in [0, 0.05) is 25.2 Å². The molecular formula is C21H30N4O. The van der Waals surface area contributed by atoms with Crippen LogP contribution in [0.3, 0.4) is 0 Å². The van der Waals surface area contributed by atoms with Crippen molar-refractivity contribution in [2.45, 2.75) is 51.3 Å². The Morgan fingerprint density at radius 3 is 2.65 bits per heavy atom. The van der Waals surface area contributed by atoms with Gasteiger partial charge in [0.15, 0.2) is 0 Å². The molecule has 26 heavy (non-hydrogen) atoms. The number of hydrogen-bond donors (Lipinski definition) is 2. The molecule has 0 unspecified atom stereocenters. The molecule has 2 saturated heterocycles. The van der Waals surface area contributed by atoms with Crippen LogP contribution in [-0.4, -0.2) is 62.9 Å². The summed E-state index contributed by atoms with van der Waals surface area (Å²) >= 11 is 0.